The first-order valence-corrected chi connectivity index (χ1v) is 5.22. The second-order valence-corrected chi connectivity index (χ2v) is 4.44. The monoisotopic (exact) mass is 207 g/mol. The van der Waals surface area contributed by atoms with E-state index in [2.05, 4.69) is 0 Å². The van der Waals surface area contributed by atoms with Gasteiger partial charge in [-0.05, 0) is 43.4 Å². The van der Waals surface area contributed by atoms with Gasteiger partial charge in [0.1, 0.15) is 0 Å². The molecule has 0 spiro atoms. The standard InChI is InChI=1S/C12H17NO2/c1-12(13,8-3-4-8)9-5-6-11(15-2)10(14)7-9/h5-8,14H,3-4,13H2,1-2H3. The normalized spacial score (nSPS) is 19.7. The smallest absolute Gasteiger partial charge is 0.160 e. The summed E-state index contributed by atoms with van der Waals surface area (Å²) >= 11 is 0. The zero-order valence-corrected chi connectivity index (χ0v) is 9.16. The van der Waals surface area contributed by atoms with E-state index in [0.717, 1.165) is 5.56 Å². The van der Waals surface area contributed by atoms with Crippen molar-refractivity contribution < 1.29 is 9.84 Å². The number of nitrogens with two attached hydrogens (primary N) is 1. The van der Waals surface area contributed by atoms with Crippen molar-refractivity contribution in [1.29, 1.82) is 0 Å². The molecule has 0 radical (unpaired) electrons. The van der Waals surface area contributed by atoms with Crippen molar-refractivity contribution in [2.24, 2.45) is 11.7 Å². The predicted octanol–water partition coefficient (Wildman–Crippen LogP) is 1.98. The summed E-state index contributed by atoms with van der Waals surface area (Å²) in [5.41, 5.74) is 6.90. The highest BCUT2D eigenvalue weighted by Crippen LogP contribution is 2.45. The van der Waals surface area contributed by atoms with Gasteiger partial charge in [0.15, 0.2) is 11.5 Å². The minimum absolute atomic E-state index is 0.160. The molecule has 0 saturated heterocycles. The van der Waals surface area contributed by atoms with E-state index in [-0.39, 0.29) is 11.3 Å². The number of phenolic OH excluding ortho intramolecular Hbond substituents is 1. The van der Waals surface area contributed by atoms with Crippen molar-refractivity contribution in [2.75, 3.05) is 7.11 Å². The van der Waals surface area contributed by atoms with Gasteiger partial charge in [-0.3, -0.25) is 0 Å². The molecule has 1 aliphatic rings. The van der Waals surface area contributed by atoms with Crippen LogP contribution in [-0.2, 0) is 5.54 Å². The average molecular weight is 207 g/mol. The number of rotatable bonds is 3. The van der Waals surface area contributed by atoms with E-state index < -0.39 is 0 Å². The molecule has 3 nitrogen and oxygen atoms in total. The molecular weight excluding hydrogens is 190 g/mol. The van der Waals surface area contributed by atoms with Gasteiger partial charge in [-0.2, -0.15) is 0 Å². The topological polar surface area (TPSA) is 55.5 Å². The van der Waals surface area contributed by atoms with E-state index in [1.807, 2.05) is 13.0 Å². The Kier molecular flexibility index (Phi) is 2.35. The van der Waals surface area contributed by atoms with Crippen LogP contribution in [0.1, 0.15) is 25.3 Å². The molecular formula is C12H17NO2. The van der Waals surface area contributed by atoms with Crippen LogP contribution in [0.3, 0.4) is 0 Å². The Morgan fingerprint density at radius 2 is 2.13 bits per heavy atom. The summed E-state index contributed by atoms with van der Waals surface area (Å²) in [4.78, 5) is 0. The molecule has 15 heavy (non-hydrogen) atoms. The fourth-order valence-corrected chi connectivity index (χ4v) is 1.94. The molecule has 1 unspecified atom stereocenters. The molecule has 0 bridgehead atoms. The Morgan fingerprint density at radius 1 is 1.47 bits per heavy atom. The van der Waals surface area contributed by atoms with E-state index in [1.54, 1.807) is 12.1 Å². The van der Waals surface area contributed by atoms with Crippen LogP contribution in [0.5, 0.6) is 11.5 Å². The molecule has 1 aromatic carbocycles. The van der Waals surface area contributed by atoms with Gasteiger partial charge in [0.05, 0.1) is 7.11 Å². The van der Waals surface area contributed by atoms with E-state index in [0.29, 0.717) is 11.7 Å². The number of hydrogen-bond acceptors (Lipinski definition) is 3. The number of benzene rings is 1. The van der Waals surface area contributed by atoms with Crippen LogP contribution in [0.4, 0.5) is 0 Å². The fourth-order valence-electron chi connectivity index (χ4n) is 1.94. The molecule has 3 N–H and O–H groups in total. The molecule has 1 fully saturated rings. The Hall–Kier alpha value is -1.22. The summed E-state index contributed by atoms with van der Waals surface area (Å²) in [6, 6.07) is 5.40. The largest absolute Gasteiger partial charge is 0.504 e. The Bertz CT molecular complexity index is 370. The van der Waals surface area contributed by atoms with E-state index >= 15 is 0 Å². The third-order valence-corrected chi connectivity index (χ3v) is 3.23. The van der Waals surface area contributed by atoms with Gasteiger partial charge in [0.2, 0.25) is 0 Å². The lowest BCUT2D eigenvalue weighted by molar-refractivity contribution is 0.368. The average Bonchev–Trinajstić information content (AvgIpc) is 3.00. The summed E-state index contributed by atoms with van der Waals surface area (Å²) in [6.07, 6.45) is 2.36. The van der Waals surface area contributed by atoms with Gasteiger partial charge in [-0.25, -0.2) is 0 Å². The minimum atomic E-state index is -0.330. The molecule has 1 aliphatic carbocycles. The van der Waals surface area contributed by atoms with Gasteiger partial charge in [0.25, 0.3) is 0 Å². The first-order valence-electron chi connectivity index (χ1n) is 5.22. The summed E-state index contributed by atoms with van der Waals surface area (Å²) in [5.74, 6) is 1.20. The number of methoxy groups -OCH3 is 1. The van der Waals surface area contributed by atoms with Gasteiger partial charge < -0.3 is 15.6 Å². The third-order valence-electron chi connectivity index (χ3n) is 3.23. The maximum atomic E-state index is 9.68. The van der Waals surface area contributed by atoms with Crippen molar-refractivity contribution in [3.63, 3.8) is 0 Å². The van der Waals surface area contributed by atoms with Crippen LogP contribution < -0.4 is 10.5 Å². The van der Waals surface area contributed by atoms with E-state index in [4.69, 9.17) is 10.5 Å². The minimum Gasteiger partial charge on any atom is -0.504 e. The van der Waals surface area contributed by atoms with Gasteiger partial charge >= 0.3 is 0 Å². The molecule has 0 aliphatic heterocycles. The van der Waals surface area contributed by atoms with Crippen LogP contribution in [0.15, 0.2) is 18.2 Å². The molecule has 82 valence electrons. The lowest BCUT2D eigenvalue weighted by Crippen LogP contribution is -2.35. The Morgan fingerprint density at radius 3 is 2.60 bits per heavy atom. The zero-order valence-electron chi connectivity index (χ0n) is 9.16. The first kappa shape index (κ1) is 10.3. The number of hydrogen-bond donors (Lipinski definition) is 2. The van der Waals surface area contributed by atoms with Crippen molar-refractivity contribution >= 4 is 0 Å². The van der Waals surface area contributed by atoms with E-state index in [9.17, 15) is 5.11 Å². The SMILES string of the molecule is COc1ccc(C(C)(N)C2CC2)cc1O. The van der Waals surface area contributed by atoms with Crippen LogP contribution in [0, 0.1) is 5.92 Å². The molecule has 2 rings (SSSR count). The molecule has 0 amide bonds. The maximum Gasteiger partial charge on any atom is 0.160 e. The van der Waals surface area contributed by atoms with Crippen molar-refractivity contribution in [3.8, 4) is 11.5 Å². The van der Waals surface area contributed by atoms with Gasteiger partial charge in [-0.1, -0.05) is 6.07 Å². The van der Waals surface area contributed by atoms with Crippen LogP contribution in [0.2, 0.25) is 0 Å². The first-order chi connectivity index (χ1) is 7.05. The maximum absolute atomic E-state index is 9.68. The molecule has 1 atom stereocenters. The van der Waals surface area contributed by atoms with Crippen molar-refractivity contribution in [3.05, 3.63) is 23.8 Å². The van der Waals surface area contributed by atoms with Gasteiger partial charge in [0, 0.05) is 5.54 Å². The highest BCUT2D eigenvalue weighted by Gasteiger charge is 2.39. The quantitative estimate of drug-likeness (QED) is 0.796. The molecule has 0 heterocycles. The highest BCUT2D eigenvalue weighted by molar-refractivity contribution is 5.44. The number of phenols is 1. The third kappa shape index (κ3) is 1.79. The Labute approximate surface area is 89.9 Å². The molecule has 0 aromatic heterocycles. The molecule has 1 aromatic rings. The van der Waals surface area contributed by atoms with Crippen LogP contribution in [0.25, 0.3) is 0 Å². The van der Waals surface area contributed by atoms with Gasteiger partial charge in [-0.15, -0.1) is 0 Å². The molecule has 3 heteroatoms. The second kappa shape index (κ2) is 3.42. The lowest BCUT2D eigenvalue weighted by atomic mass is 9.88. The second-order valence-electron chi connectivity index (χ2n) is 4.44. The zero-order chi connectivity index (χ0) is 11.1. The summed E-state index contributed by atoms with van der Waals surface area (Å²) in [7, 11) is 1.54. The van der Waals surface area contributed by atoms with Crippen LogP contribution in [-0.4, -0.2) is 12.2 Å². The number of aromatic hydroxyl groups is 1. The molecule has 1 saturated carbocycles. The highest BCUT2D eigenvalue weighted by atomic mass is 16.5. The van der Waals surface area contributed by atoms with E-state index in [1.165, 1.54) is 20.0 Å². The fraction of sp³-hybridized carbons (Fsp3) is 0.500. The lowest BCUT2D eigenvalue weighted by Gasteiger charge is -2.25. The van der Waals surface area contributed by atoms with Crippen molar-refractivity contribution in [2.45, 2.75) is 25.3 Å². The number of ether oxygens (including phenoxy) is 1. The summed E-state index contributed by atoms with van der Waals surface area (Å²) in [6.45, 7) is 2.02. The van der Waals surface area contributed by atoms with Crippen LogP contribution >= 0.6 is 0 Å². The van der Waals surface area contributed by atoms with Crippen molar-refractivity contribution in [1.82, 2.24) is 0 Å². The predicted molar refractivity (Wildman–Crippen MR) is 58.9 cm³/mol. The summed E-state index contributed by atoms with van der Waals surface area (Å²) < 4.78 is 5.00. The Balaban J connectivity index is 2.32. The summed E-state index contributed by atoms with van der Waals surface area (Å²) in [5, 5.41) is 9.68.